The maximum atomic E-state index is 11.5. The van der Waals surface area contributed by atoms with Gasteiger partial charge in [-0.3, -0.25) is 14.3 Å². The molecule has 0 saturated carbocycles. The van der Waals surface area contributed by atoms with E-state index >= 15 is 0 Å². The monoisotopic (exact) mass is 257 g/mol. The molecule has 2 aromatic rings. The molecule has 5 nitrogen and oxygen atoms in total. The third kappa shape index (κ3) is 3.51. The molecule has 98 valence electrons. The van der Waals surface area contributed by atoms with Gasteiger partial charge in [0.1, 0.15) is 5.78 Å². The van der Waals surface area contributed by atoms with Crippen LogP contribution in [0.5, 0.6) is 0 Å². The van der Waals surface area contributed by atoms with Crippen molar-refractivity contribution in [2.45, 2.75) is 13.3 Å². The van der Waals surface area contributed by atoms with Gasteiger partial charge in [0.2, 0.25) is 5.91 Å². The summed E-state index contributed by atoms with van der Waals surface area (Å²) in [6.07, 6.45) is 3.56. The van der Waals surface area contributed by atoms with Crippen LogP contribution in [-0.4, -0.2) is 21.5 Å². The van der Waals surface area contributed by atoms with Gasteiger partial charge < -0.3 is 5.32 Å². The molecule has 0 aliphatic rings. The zero-order chi connectivity index (χ0) is 13.8. The van der Waals surface area contributed by atoms with Crippen LogP contribution in [0.1, 0.15) is 13.3 Å². The first kappa shape index (κ1) is 13.0. The Hall–Kier alpha value is -2.43. The lowest BCUT2D eigenvalue weighted by molar-refractivity contribution is -0.124. The number of aromatic nitrogens is 2. The zero-order valence-corrected chi connectivity index (χ0v) is 10.9. The van der Waals surface area contributed by atoms with E-state index in [9.17, 15) is 9.59 Å². The molecule has 1 aromatic heterocycles. The molecule has 19 heavy (non-hydrogen) atoms. The van der Waals surface area contributed by atoms with Gasteiger partial charge in [-0.2, -0.15) is 5.10 Å². The number of carbonyl (C=O) groups is 2. The number of carbonyl (C=O) groups excluding carboxylic acids is 2. The third-order valence-electron chi connectivity index (χ3n) is 2.59. The number of hydrogen-bond acceptors (Lipinski definition) is 3. The molecule has 0 bridgehead atoms. The Morgan fingerprint density at radius 3 is 2.74 bits per heavy atom. The summed E-state index contributed by atoms with van der Waals surface area (Å²) in [5.41, 5.74) is 2.62. The van der Waals surface area contributed by atoms with Crippen LogP contribution in [0, 0.1) is 0 Å². The van der Waals surface area contributed by atoms with Gasteiger partial charge in [0.15, 0.2) is 0 Å². The highest BCUT2D eigenvalue weighted by molar-refractivity contribution is 6.03. The number of amides is 1. The van der Waals surface area contributed by atoms with Crippen LogP contribution in [0.25, 0.3) is 11.1 Å². The Balaban J connectivity index is 2.15. The second-order valence-corrected chi connectivity index (χ2v) is 4.41. The molecule has 2 rings (SSSR count). The minimum Gasteiger partial charge on any atom is -0.326 e. The largest absolute Gasteiger partial charge is 0.326 e. The quantitative estimate of drug-likeness (QED) is 0.852. The first-order valence-corrected chi connectivity index (χ1v) is 5.93. The Kier molecular flexibility index (Phi) is 3.75. The zero-order valence-electron chi connectivity index (χ0n) is 10.9. The van der Waals surface area contributed by atoms with Crippen LogP contribution < -0.4 is 5.32 Å². The van der Waals surface area contributed by atoms with E-state index < -0.39 is 0 Å². The van der Waals surface area contributed by atoms with E-state index in [-0.39, 0.29) is 18.1 Å². The van der Waals surface area contributed by atoms with Crippen LogP contribution in [-0.2, 0) is 16.6 Å². The summed E-state index contributed by atoms with van der Waals surface area (Å²) in [6, 6.07) is 7.44. The predicted molar refractivity (Wildman–Crippen MR) is 72.6 cm³/mol. The van der Waals surface area contributed by atoms with Crippen LogP contribution in [0.3, 0.4) is 0 Å². The fourth-order valence-corrected chi connectivity index (χ4v) is 1.78. The third-order valence-corrected chi connectivity index (χ3v) is 2.59. The minimum absolute atomic E-state index is 0.100. The summed E-state index contributed by atoms with van der Waals surface area (Å²) >= 11 is 0. The molecule has 0 aliphatic heterocycles. The van der Waals surface area contributed by atoms with Crippen LogP contribution in [0.4, 0.5) is 5.69 Å². The van der Waals surface area contributed by atoms with Gasteiger partial charge in [-0.25, -0.2) is 0 Å². The Labute approximate surface area is 111 Å². The van der Waals surface area contributed by atoms with Crippen LogP contribution >= 0.6 is 0 Å². The number of ketones is 1. The molecule has 0 radical (unpaired) electrons. The van der Waals surface area contributed by atoms with Crippen molar-refractivity contribution < 1.29 is 9.59 Å². The highest BCUT2D eigenvalue weighted by Gasteiger charge is 2.07. The lowest BCUT2D eigenvalue weighted by atomic mass is 10.1. The maximum Gasteiger partial charge on any atom is 0.231 e. The number of nitrogens with zero attached hydrogens (tertiary/aromatic N) is 2. The molecule has 1 heterocycles. The van der Waals surface area contributed by atoms with E-state index in [4.69, 9.17) is 0 Å². The standard InChI is InChI=1S/C14H15N3O2/c1-10(18)6-14(19)16-13-5-3-4-11(7-13)12-8-15-17(2)9-12/h3-5,7-9H,6H2,1-2H3,(H,16,19). The first-order valence-electron chi connectivity index (χ1n) is 5.93. The van der Waals surface area contributed by atoms with Gasteiger partial charge in [-0.05, 0) is 24.6 Å². The molecule has 0 spiro atoms. The molecule has 0 fully saturated rings. The molecule has 1 N–H and O–H groups in total. The van der Waals surface area contributed by atoms with E-state index in [1.54, 1.807) is 16.9 Å². The van der Waals surface area contributed by atoms with Crippen LogP contribution in [0.15, 0.2) is 36.7 Å². The summed E-state index contributed by atoms with van der Waals surface area (Å²) in [5.74, 6) is -0.447. The number of anilines is 1. The Morgan fingerprint density at radius 1 is 1.32 bits per heavy atom. The maximum absolute atomic E-state index is 11.5. The molecule has 0 saturated heterocycles. The summed E-state index contributed by atoms with van der Waals surface area (Å²) in [4.78, 5) is 22.4. The number of rotatable bonds is 4. The summed E-state index contributed by atoms with van der Waals surface area (Å²) in [6.45, 7) is 1.39. The normalized spacial score (nSPS) is 10.2. The minimum atomic E-state index is -0.296. The Morgan fingerprint density at radius 2 is 2.11 bits per heavy atom. The highest BCUT2D eigenvalue weighted by atomic mass is 16.2. The van der Waals surface area contributed by atoms with Crippen molar-refractivity contribution in [1.29, 1.82) is 0 Å². The van der Waals surface area contributed by atoms with E-state index in [0.717, 1.165) is 11.1 Å². The van der Waals surface area contributed by atoms with Crippen molar-refractivity contribution in [1.82, 2.24) is 9.78 Å². The second kappa shape index (κ2) is 5.48. The van der Waals surface area contributed by atoms with Crippen molar-refractivity contribution in [3.8, 4) is 11.1 Å². The lowest BCUT2D eigenvalue weighted by Crippen LogP contribution is -2.14. The van der Waals surface area contributed by atoms with E-state index in [1.165, 1.54) is 6.92 Å². The van der Waals surface area contributed by atoms with Gasteiger partial charge in [-0.15, -0.1) is 0 Å². The molecule has 0 aliphatic carbocycles. The van der Waals surface area contributed by atoms with Crippen molar-refractivity contribution in [3.63, 3.8) is 0 Å². The number of aryl methyl sites for hydroxylation is 1. The van der Waals surface area contributed by atoms with Crippen molar-refractivity contribution >= 4 is 17.4 Å². The van der Waals surface area contributed by atoms with Gasteiger partial charge in [0, 0.05) is 24.5 Å². The number of nitrogens with one attached hydrogen (secondary N) is 1. The molecule has 5 heteroatoms. The highest BCUT2D eigenvalue weighted by Crippen LogP contribution is 2.21. The summed E-state index contributed by atoms with van der Waals surface area (Å²) < 4.78 is 1.72. The number of hydrogen-bond donors (Lipinski definition) is 1. The predicted octanol–water partition coefficient (Wildman–Crippen LogP) is 2.00. The molecule has 0 unspecified atom stereocenters. The topological polar surface area (TPSA) is 64.0 Å². The van der Waals surface area contributed by atoms with Crippen molar-refractivity contribution in [2.24, 2.45) is 7.05 Å². The van der Waals surface area contributed by atoms with E-state index in [2.05, 4.69) is 10.4 Å². The van der Waals surface area contributed by atoms with Gasteiger partial charge >= 0.3 is 0 Å². The molecular formula is C14H15N3O2. The van der Waals surface area contributed by atoms with Gasteiger partial charge in [0.05, 0.1) is 12.6 Å². The molecule has 1 aromatic carbocycles. The molecule has 0 atom stereocenters. The average molecular weight is 257 g/mol. The lowest BCUT2D eigenvalue weighted by Gasteiger charge is -2.05. The average Bonchev–Trinajstić information content (AvgIpc) is 2.75. The van der Waals surface area contributed by atoms with E-state index in [0.29, 0.717) is 5.69 Å². The number of Topliss-reactive ketones (excluding diaryl/α,β-unsaturated/α-hetero) is 1. The van der Waals surface area contributed by atoms with E-state index in [1.807, 2.05) is 31.4 Å². The van der Waals surface area contributed by atoms with Crippen LogP contribution in [0.2, 0.25) is 0 Å². The van der Waals surface area contributed by atoms with Crippen molar-refractivity contribution in [3.05, 3.63) is 36.7 Å². The first-order chi connectivity index (χ1) is 9.04. The van der Waals surface area contributed by atoms with Crippen molar-refractivity contribution in [2.75, 3.05) is 5.32 Å². The summed E-state index contributed by atoms with van der Waals surface area (Å²) in [5, 5.41) is 6.81. The number of benzene rings is 1. The van der Waals surface area contributed by atoms with Gasteiger partial charge in [-0.1, -0.05) is 12.1 Å². The summed E-state index contributed by atoms with van der Waals surface area (Å²) in [7, 11) is 1.85. The Bertz CT molecular complexity index is 617. The van der Waals surface area contributed by atoms with Gasteiger partial charge in [0.25, 0.3) is 0 Å². The molecule has 1 amide bonds. The second-order valence-electron chi connectivity index (χ2n) is 4.41. The fourth-order valence-electron chi connectivity index (χ4n) is 1.78. The smallest absolute Gasteiger partial charge is 0.231 e. The fraction of sp³-hybridized carbons (Fsp3) is 0.214. The SMILES string of the molecule is CC(=O)CC(=O)Nc1cccc(-c2cnn(C)c2)c1. The molecular weight excluding hydrogens is 242 g/mol.